The maximum atomic E-state index is 11.4. The number of amides is 1. The largest absolute Gasteiger partial charge is 0.445 e. The molecule has 0 aliphatic carbocycles. The van der Waals surface area contributed by atoms with E-state index in [0.29, 0.717) is 39.4 Å². The zero-order valence-electron chi connectivity index (χ0n) is 12.0. The van der Waals surface area contributed by atoms with Gasteiger partial charge in [0.15, 0.2) is 0 Å². The number of ether oxygens (including phenoxy) is 3. The maximum Gasteiger partial charge on any atom is 0.407 e. The van der Waals surface area contributed by atoms with Gasteiger partial charge in [0.1, 0.15) is 12.9 Å². The monoisotopic (exact) mass is 295 g/mol. The first-order chi connectivity index (χ1) is 10.3. The minimum atomic E-state index is -0.468. The molecule has 0 fully saturated rings. The third-order valence-corrected chi connectivity index (χ3v) is 2.48. The van der Waals surface area contributed by atoms with Crippen molar-refractivity contribution in [1.82, 2.24) is 5.32 Å². The van der Waals surface area contributed by atoms with E-state index >= 15 is 0 Å². The smallest absolute Gasteiger partial charge is 0.407 e. The molecule has 1 aromatic rings. The zero-order chi connectivity index (χ0) is 15.2. The highest BCUT2D eigenvalue weighted by atomic mass is 16.5. The fourth-order valence-corrected chi connectivity index (χ4v) is 1.45. The summed E-state index contributed by atoms with van der Waals surface area (Å²) in [5, 5.41) is 2.59. The molecule has 1 aromatic carbocycles. The summed E-state index contributed by atoms with van der Waals surface area (Å²) in [4.78, 5) is 21.4. The van der Waals surface area contributed by atoms with Gasteiger partial charge in [-0.15, -0.1) is 0 Å². The molecule has 0 bridgehead atoms. The van der Waals surface area contributed by atoms with Crippen molar-refractivity contribution in [2.24, 2.45) is 0 Å². The number of aldehydes is 1. The van der Waals surface area contributed by atoms with Crippen LogP contribution in [0, 0.1) is 0 Å². The Balaban J connectivity index is 1.90. The third-order valence-electron chi connectivity index (χ3n) is 2.48. The first-order valence-corrected chi connectivity index (χ1v) is 6.86. The second-order valence-electron chi connectivity index (χ2n) is 4.17. The topological polar surface area (TPSA) is 73.9 Å². The molecule has 0 aliphatic heterocycles. The Hall–Kier alpha value is -1.92. The fourth-order valence-electron chi connectivity index (χ4n) is 1.45. The lowest BCUT2D eigenvalue weighted by Gasteiger charge is -2.08. The van der Waals surface area contributed by atoms with Gasteiger partial charge in [-0.3, -0.25) is 0 Å². The lowest BCUT2D eigenvalue weighted by molar-refractivity contribution is -0.108. The summed E-state index contributed by atoms with van der Waals surface area (Å²) >= 11 is 0. The van der Waals surface area contributed by atoms with Crippen LogP contribution in [0.4, 0.5) is 4.79 Å². The van der Waals surface area contributed by atoms with Crippen LogP contribution in [0.2, 0.25) is 0 Å². The minimum absolute atomic E-state index is 0.248. The summed E-state index contributed by atoms with van der Waals surface area (Å²) in [6, 6.07) is 9.47. The number of benzene rings is 1. The molecular formula is C15H21NO5. The molecule has 0 atom stereocenters. The van der Waals surface area contributed by atoms with E-state index in [-0.39, 0.29) is 6.61 Å². The van der Waals surface area contributed by atoms with Gasteiger partial charge in [-0.25, -0.2) is 4.79 Å². The van der Waals surface area contributed by atoms with E-state index in [1.165, 1.54) is 0 Å². The van der Waals surface area contributed by atoms with Crippen LogP contribution in [-0.2, 0) is 25.6 Å². The number of carbonyl (C=O) groups excluding carboxylic acids is 2. The summed E-state index contributed by atoms with van der Waals surface area (Å²) in [6.45, 7) is 2.29. The molecule has 0 aromatic heterocycles. The van der Waals surface area contributed by atoms with Crippen molar-refractivity contribution in [3.05, 3.63) is 35.9 Å². The number of hydrogen-bond acceptors (Lipinski definition) is 5. The molecule has 21 heavy (non-hydrogen) atoms. The highest BCUT2D eigenvalue weighted by molar-refractivity contribution is 5.67. The van der Waals surface area contributed by atoms with Crippen molar-refractivity contribution >= 4 is 12.4 Å². The average Bonchev–Trinajstić information content (AvgIpc) is 2.52. The van der Waals surface area contributed by atoms with Crippen molar-refractivity contribution < 1.29 is 23.8 Å². The van der Waals surface area contributed by atoms with E-state index < -0.39 is 6.09 Å². The molecule has 0 heterocycles. The highest BCUT2D eigenvalue weighted by Crippen LogP contribution is 2.00. The van der Waals surface area contributed by atoms with Crippen molar-refractivity contribution in [3.63, 3.8) is 0 Å². The molecule has 0 unspecified atom stereocenters. The molecular weight excluding hydrogens is 274 g/mol. The minimum Gasteiger partial charge on any atom is -0.445 e. The van der Waals surface area contributed by atoms with Crippen LogP contribution < -0.4 is 5.32 Å². The normalized spacial score (nSPS) is 10.1. The van der Waals surface area contributed by atoms with Crippen LogP contribution in [0.25, 0.3) is 0 Å². The van der Waals surface area contributed by atoms with E-state index in [2.05, 4.69) is 5.32 Å². The van der Waals surface area contributed by atoms with Gasteiger partial charge < -0.3 is 24.3 Å². The van der Waals surface area contributed by atoms with Crippen molar-refractivity contribution in [3.8, 4) is 0 Å². The molecule has 0 radical (unpaired) electrons. The molecule has 0 spiro atoms. The van der Waals surface area contributed by atoms with Gasteiger partial charge in [0.05, 0.1) is 26.4 Å². The lowest BCUT2D eigenvalue weighted by Crippen LogP contribution is -2.28. The quantitative estimate of drug-likeness (QED) is 0.495. The van der Waals surface area contributed by atoms with Crippen LogP contribution in [0.1, 0.15) is 12.0 Å². The molecule has 116 valence electrons. The summed E-state index contributed by atoms with van der Waals surface area (Å²) in [7, 11) is 0. The van der Waals surface area contributed by atoms with Gasteiger partial charge in [0.25, 0.3) is 0 Å². The van der Waals surface area contributed by atoms with Crippen LogP contribution in [0.5, 0.6) is 0 Å². The zero-order valence-corrected chi connectivity index (χ0v) is 12.0. The summed E-state index contributed by atoms with van der Waals surface area (Å²) < 4.78 is 15.4. The third kappa shape index (κ3) is 9.59. The molecule has 0 aliphatic rings. The first-order valence-electron chi connectivity index (χ1n) is 6.86. The maximum absolute atomic E-state index is 11.4. The van der Waals surface area contributed by atoms with Gasteiger partial charge in [0, 0.05) is 13.0 Å². The summed E-state index contributed by atoms with van der Waals surface area (Å²) in [5.41, 5.74) is 0.941. The second kappa shape index (κ2) is 11.9. The Bertz CT molecular complexity index is 396. The molecule has 0 saturated carbocycles. The predicted molar refractivity (Wildman–Crippen MR) is 76.9 cm³/mol. The van der Waals surface area contributed by atoms with Crippen molar-refractivity contribution in [2.75, 3.05) is 33.0 Å². The van der Waals surface area contributed by atoms with Crippen LogP contribution in [-0.4, -0.2) is 45.4 Å². The Morgan fingerprint density at radius 1 is 1.05 bits per heavy atom. The number of hydrogen-bond donors (Lipinski definition) is 1. The Morgan fingerprint density at radius 2 is 1.76 bits per heavy atom. The van der Waals surface area contributed by atoms with E-state index in [9.17, 15) is 9.59 Å². The molecule has 6 nitrogen and oxygen atoms in total. The average molecular weight is 295 g/mol. The second-order valence-corrected chi connectivity index (χ2v) is 4.17. The number of alkyl carbamates (subject to hydrolysis) is 1. The number of carbonyl (C=O) groups is 2. The molecule has 1 rings (SSSR count). The Labute approximate surface area is 124 Å². The van der Waals surface area contributed by atoms with E-state index in [4.69, 9.17) is 14.2 Å². The van der Waals surface area contributed by atoms with Crippen LogP contribution in [0.3, 0.4) is 0 Å². The first kappa shape index (κ1) is 17.1. The standard InChI is InChI=1S/C15H21NO5/c17-8-4-9-19-11-12-20-10-7-16-15(18)21-13-14-5-2-1-3-6-14/h1-3,5-6,8H,4,7,9-13H2,(H,16,18). The van der Waals surface area contributed by atoms with E-state index in [0.717, 1.165) is 11.8 Å². The Kier molecular flexibility index (Phi) is 9.68. The molecule has 0 saturated heterocycles. The lowest BCUT2D eigenvalue weighted by atomic mass is 10.2. The van der Waals surface area contributed by atoms with Gasteiger partial charge in [-0.05, 0) is 5.56 Å². The van der Waals surface area contributed by atoms with Crippen LogP contribution >= 0.6 is 0 Å². The molecule has 1 amide bonds. The fraction of sp³-hybridized carbons (Fsp3) is 0.467. The van der Waals surface area contributed by atoms with Gasteiger partial charge >= 0.3 is 6.09 Å². The van der Waals surface area contributed by atoms with Crippen molar-refractivity contribution in [1.29, 1.82) is 0 Å². The van der Waals surface area contributed by atoms with E-state index in [1.807, 2.05) is 30.3 Å². The number of nitrogens with one attached hydrogen (secondary N) is 1. The number of rotatable bonds is 11. The Morgan fingerprint density at radius 3 is 2.48 bits per heavy atom. The summed E-state index contributed by atoms with van der Waals surface area (Å²) in [6.07, 6.45) is 0.741. The van der Waals surface area contributed by atoms with Crippen molar-refractivity contribution in [2.45, 2.75) is 13.0 Å². The van der Waals surface area contributed by atoms with E-state index in [1.54, 1.807) is 0 Å². The van der Waals surface area contributed by atoms with Gasteiger partial charge in [0.2, 0.25) is 0 Å². The molecule has 6 heteroatoms. The van der Waals surface area contributed by atoms with Gasteiger partial charge in [-0.2, -0.15) is 0 Å². The van der Waals surface area contributed by atoms with Gasteiger partial charge in [-0.1, -0.05) is 30.3 Å². The SMILES string of the molecule is O=CCCOCCOCCNC(=O)OCc1ccccc1. The summed E-state index contributed by atoms with van der Waals surface area (Å²) in [5.74, 6) is 0. The van der Waals surface area contributed by atoms with Crippen LogP contribution in [0.15, 0.2) is 30.3 Å². The molecule has 1 N–H and O–H groups in total. The highest BCUT2D eigenvalue weighted by Gasteiger charge is 2.01. The predicted octanol–water partition coefficient (Wildman–Crippen LogP) is 1.53.